The lowest BCUT2D eigenvalue weighted by Gasteiger charge is -2.18. The van der Waals surface area contributed by atoms with Gasteiger partial charge >= 0.3 is 17.9 Å². The van der Waals surface area contributed by atoms with Crippen LogP contribution < -0.4 is 0 Å². The second-order valence-corrected chi connectivity index (χ2v) is 17.3. The number of hydrogen-bond donors (Lipinski definition) is 0. The summed E-state index contributed by atoms with van der Waals surface area (Å²) in [4.78, 5) is 38.0. The second kappa shape index (κ2) is 58.8. The maximum atomic E-state index is 12.8. The van der Waals surface area contributed by atoms with Crippen LogP contribution in [0.4, 0.5) is 0 Å². The van der Waals surface area contributed by atoms with Gasteiger partial charge in [0.25, 0.3) is 0 Å². The van der Waals surface area contributed by atoms with Crippen LogP contribution >= 0.6 is 0 Å². The number of rotatable bonds is 47. The first kappa shape index (κ1) is 67.2. The van der Waals surface area contributed by atoms with Crippen LogP contribution in [0.25, 0.3) is 0 Å². The number of carbonyl (C=O) groups is 3. The molecule has 0 aliphatic rings. The van der Waals surface area contributed by atoms with E-state index >= 15 is 0 Å². The van der Waals surface area contributed by atoms with Crippen molar-refractivity contribution in [2.45, 2.75) is 194 Å². The molecule has 0 fully saturated rings. The van der Waals surface area contributed by atoms with Crippen molar-refractivity contribution >= 4 is 17.9 Å². The molecule has 0 amide bonds. The molecule has 0 aromatic carbocycles. The van der Waals surface area contributed by atoms with Crippen LogP contribution in [0.2, 0.25) is 0 Å². The zero-order valence-electron chi connectivity index (χ0n) is 45.8. The lowest BCUT2D eigenvalue weighted by molar-refractivity contribution is -0.166. The van der Waals surface area contributed by atoms with Crippen LogP contribution in [0.15, 0.2) is 194 Å². The molecule has 6 heteroatoms. The Balaban J connectivity index is 4.57. The highest BCUT2D eigenvalue weighted by Gasteiger charge is 2.19. The van der Waals surface area contributed by atoms with Crippen LogP contribution in [0, 0.1) is 0 Å². The molecule has 1 atom stereocenters. The smallest absolute Gasteiger partial charge is 0.306 e. The lowest BCUT2D eigenvalue weighted by Crippen LogP contribution is -2.30. The summed E-state index contributed by atoms with van der Waals surface area (Å²) in [5, 5.41) is 0. The number of carbonyl (C=O) groups excluding carboxylic acids is 3. The van der Waals surface area contributed by atoms with E-state index < -0.39 is 12.1 Å². The number of unbranched alkanes of at least 4 members (excludes halogenated alkanes) is 4. The van der Waals surface area contributed by atoms with Crippen molar-refractivity contribution in [2.24, 2.45) is 0 Å². The first-order chi connectivity index (χ1) is 36.0. The summed E-state index contributed by atoms with van der Waals surface area (Å²) in [7, 11) is 0. The fraction of sp³-hybridized carbons (Fsp3) is 0.478. The van der Waals surface area contributed by atoms with Crippen molar-refractivity contribution in [3.05, 3.63) is 194 Å². The average molecular weight is 1000 g/mol. The largest absolute Gasteiger partial charge is 0.462 e. The molecule has 0 spiro atoms. The molecule has 0 aromatic heterocycles. The Morgan fingerprint density at radius 1 is 0.274 bits per heavy atom. The van der Waals surface area contributed by atoms with Crippen molar-refractivity contribution < 1.29 is 28.6 Å². The third-order valence-electron chi connectivity index (χ3n) is 10.6. The Morgan fingerprint density at radius 3 is 0.795 bits per heavy atom. The number of esters is 3. The van der Waals surface area contributed by atoms with Gasteiger partial charge in [0.1, 0.15) is 13.2 Å². The van der Waals surface area contributed by atoms with Gasteiger partial charge in [-0.25, -0.2) is 0 Å². The molecule has 0 aliphatic heterocycles. The molecule has 0 bridgehead atoms. The van der Waals surface area contributed by atoms with Gasteiger partial charge in [-0.05, 0) is 148 Å². The Hall–Kier alpha value is -5.75. The summed E-state index contributed by atoms with van der Waals surface area (Å²) in [5.74, 6) is -1.13. The van der Waals surface area contributed by atoms with Crippen LogP contribution in [0.1, 0.15) is 188 Å². The molecule has 0 rings (SSSR count). The number of hydrogen-bond acceptors (Lipinski definition) is 6. The summed E-state index contributed by atoms with van der Waals surface area (Å²) in [5.41, 5.74) is 0. The quantitative estimate of drug-likeness (QED) is 0.0262. The van der Waals surface area contributed by atoms with Crippen molar-refractivity contribution in [1.82, 2.24) is 0 Å². The Labute approximate surface area is 446 Å². The topological polar surface area (TPSA) is 78.9 Å². The van der Waals surface area contributed by atoms with Gasteiger partial charge in [0.05, 0.1) is 0 Å². The summed E-state index contributed by atoms with van der Waals surface area (Å²) >= 11 is 0. The van der Waals surface area contributed by atoms with Crippen molar-refractivity contribution in [3.8, 4) is 0 Å². The molecule has 6 nitrogen and oxygen atoms in total. The molecular formula is C67H98O6. The zero-order valence-corrected chi connectivity index (χ0v) is 45.8. The monoisotopic (exact) mass is 999 g/mol. The van der Waals surface area contributed by atoms with E-state index in [-0.39, 0.29) is 44.4 Å². The summed E-state index contributed by atoms with van der Waals surface area (Å²) < 4.78 is 16.7. The molecule has 0 saturated carbocycles. The van der Waals surface area contributed by atoms with Crippen molar-refractivity contribution in [3.63, 3.8) is 0 Å². The minimum absolute atomic E-state index is 0.151. The normalized spacial score (nSPS) is 13.6. The minimum Gasteiger partial charge on any atom is -0.462 e. The second-order valence-electron chi connectivity index (χ2n) is 17.3. The van der Waals surface area contributed by atoms with Gasteiger partial charge in [-0.2, -0.15) is 0 Å². The van der Waals surface area contributed by atoms with E-state index in [1.54, 1.807) is 0 Å². The first-order valence-electron chi connectivity index (χ1n) is 27.9. The number of allylic oxidation sites excluding steroid dienone is 32. The van der Waals surface area contributed by atoms with E-state index in [0.29, 0.717) is 19.3 Å². The van der Waals surface area contributed by atoms with Gasteiger partial charge in [-0.3, -0.25) is 14.4 Å². The predicted octanol–water partition coefficient (Wildman–Crippen LogP) is 19.1. The SMILES string of the molecule is CC/C=C\C/C=C\C/C=C\C/C=C\C/C=C\C/C=C\C/C=C\C/C=C\CCCCC(=O)OCC(COC(=O)CC/C=C\C/C=C\C/C=C\C/C=C\CC)OC(=O)CCCC/C=C\C/C=C\C/C=C\C/C=C\CC. The molecule has 1 unspecified atom stereocenters. The van der Waals surface area contributed by atoms with Gasteiger partial charge in [0, 0.05) is 19.3 Å². The highest BCUT2D eigenvalue weighted by atomic mass is 16.6. The summed E-state index contributed by atoms with van der Waals surface area (Å²) in [6.45, 7) is 6.12. The molecule has 0 saturated heterocycles. The highest BCUT2D eigenvalue weighted by Crippen LogP contribution is 2.09. The maximum absolute atomic E-state index is 12.8. The van der Waals surface area contributed by atoms with Gasteiger partial charge in [-0.15, -0.1) is 0 Å². The Morgan fingerprint density at radius 2 is 0.507 bits per heavy atom. The average Bonchev–Trinajstić information content (AvgIpc) is 3.39. The third-order valence-corrected chi connectivity index (χ3v) is 10.6. The predicted molar refractivity (Wildman–Crippen MR) is 315 cm³/mol. The molecule has 0 radical (unpaired) electrons. The molecule has 0 N–H and O–H groups in total. The van der Waals surface area contributed by atoms with Crippen molar-refractivity contribution in [1.29, 1.82) is 0 Å². The maximum Gasteiger partial charge on any atom is 0.306 e. The van der Waals surface area contributed by atoms with Crippen LogP contribution in [0.5, 0.6) is 0 Å². The fourth-order valence-electron chi connectivity index (χ4n) is 6.52. The highest BCUT2D eigenvalue weighted by molar-refractivity contribution is 5.71. The van der Waals surface area contributed by atoms with E-state index in [0.717, 1.165) is 128 Å². The van der Waals surface area contributed by atoms with E-state index in [1.165, 1.54) is 0 Å². The van der Waals surface area contributed by atoms with Crippen LogP contribution in [-0.4, -0.2) is 37.2 Å². The van der Waals surface area contributed by atoms with Crippen LogP contribution in [0.3, 0.4) is 0 Å². The Kier molecular flexibility index (Phi) is 54.2. The Bertz CT molecular complexity index is 1810. The van der Waals surface area contributed by atoms with E-state index in [2.05, 4.69) is 203 Å². The zero-order chi connectivity index (χ0) is 52.9. The molecule has 73 heavy (non-hydrogen) atoms. The van der Waals surface area contributed by atoms with E-state index in [4.69, 9.17) is 14.2 Å². The van der Waals surface area contributed by atoms with Gasteiger partial charge in [0.15, 0.2) is 6.10 Å². The van der Waals surface area contributed by atoms with Crippen LogP contribution in [-0.2, 0) is 28.6 Å². The summed E-state index contributed by atoms with van der Waals surface area (Å²) in [6, 6.07) is 0. The molecule has 402 valence electrons. The van der Waals surface area contributed by atoms with Crippen molar-refractivity contribution in [2.75, 3.05) is 13.2 Å². The van der Waals surface area contributed by atoms with Gasteiger partial charge in [-0.1, -0.05) is 215 Å². The lowest BCUT2D eigenvalue weighted by atomic mass is 10.1. The molecule has 0 aromatic rings. The molecule has 0 aliphatic carbocycles. The minimum atomic E-state index is -0.859. The number of ether oxygens (including phenoxy) is 3. The first-order valence-corrected chi connectivity index (χ1v) is 27.9. The third kappa shape index (κ3) is 57.0. The van der Waals surface area contributed by atoms with Gasteiger partial charge in [0.2, 0.25) is 0 Å². The van der Waals surface area contributed by atoms with E-state index in [9.17, 15) is 14.4 Å². The molecular weight excluding hydrogens is 901 g/mol. The van der Waals surface area contributed by atoms with Gasteiger partial charge < -0.3 is 14.2 Å². The van der Waals surface area contributed by atoms with E-state index in [1.807, 2.05) is 12.2 Å². The summed E-state index contributed by atoms with van der Waals surface area (Å²) in [6.07, 6.45) is 90.2. The standard InChI is InChI=1S/C67H98O6/c1-4-7-10-13-16-19-22-25-27-28-29-30-31-32-33-34-35-36-37-38-40-42-45-48-51-54-57-60-66(69)72-63-64(62-71-65(68)59-56-53-50-47-44-41-24-21-18-15-12-9-6-3)73-67(70)61-58-55-52-49-46-43-39-26-23-20-17-14-11-8-5-2/h7-12,16-21,25-27,29-30,32-33,35-36,38-41,44-46,48-50,53,64H,4-6,13-15,22-24,28,31,34,37,42-43,47,51-52,54-63H2,1-3H3/b10-7-,11-8-,12-9-,19-16-,20-17-,21-18-,27-25-,30-29-,33-32-,36-35-,39-26-,40-38-,44-41-,48-45-,49-46-,53-50-. The molecule has 0 heterocycles. The fourth-order valence-corrected chi connectivity index (χ4v) is 6.52.